The van der Waals surface area contributed by atoms with Crippen LogP contribution in [0.25, 0.3) is 0 Å². The molecule has 1 aliphatic heterocycles. The van der Waals surface area contributed by atoms with Crippen molar-refractivity contribution in [3.05, 3.63) is 63.2 Å². The molecule has 0 radical (unpaired) electrons. The van der Waals surface area contributed by atoms with Gasteiger partial charge >= 0.3 is 0 Å². The lowest BCUT2D eigenvalue weighted by Crippen LogP contribution is -2.40. The van der Waals surface area contributed by atoms with Crippen LogP contribution >= 0.6 is 0 Å². The smallest absolute Gasteiger partial charge is 0.270 e. The van der Waals surface area contributed by atoms with Gasteiger partial charge in [-0.15, -0.1) is 0 Å². The van der Waals surface area contributed by atoms with Gasteiger partial charge in [0.15, 0.2) is 0 Å². The Bertz CT molecular complexity index is 1050. The zero-order chi connectivity index (χ0) is 21.0. The molecule has 2 aromatic carbocycles. The highest BCUT2D eigenvalue weighted by molar-refractivity contribution is 7.89. The van der Waals surface area contributed by atoms with Crippen LogP contribution in [0.15, 0.2) is 46.4 Å². The number of hydrogen-bond acceptors (Lipinski definition) is 7. The number of hydrazone groups is 1. The molecule has 3 rings (SSSR count). The van der Waals surface area contributed by atoms with E-state index >= 15 is 0 Å². The molecule has 0 amide bonds. The van der Waals surface area contributed by atoms with E-state index in [0.717, 1.165) is 22.8 Å². The molecule has 1 fully saturated rings. The summed E-state index contributed by atoms with van der Waals surface area (Å²) in [6, 6.07) is 9.53. The molecule has 0 saturated carbocycles. The van der Waals surface area contributed by atoms with Gasteiger partial charge in [0.05, 0.1) is 30.0 Å². The maximum Gasteiger partial charge on any atom is 0.270 e. The van der Waals surface area contributed by atoms with Gasteiger partial charge in [0.1, 0.15) is 4.90 Å². The van der Waals surface area contributed by atoms with Crippen LogP contribution in [0.1, 0.15) is 16.7 Å². The summed E-state index contributed by atoms with van der Waals surface area (Å²) < 4.78 is 32.6. The van der Waals surface area contributed by atoms with Crippen molar-refractivity contribution in [1.82, 2.24) is 4.31 Å². The van der Waals surface area contributed by atoms with Crippen LogP contribution in [0, 0.1) is 24.0 Å². The fourth-order valence-electron chi connectivity index (χ4n) is 3.00. The fourth-order valence-corrected chi connectivity index (χ4v) is 4.57. The minimum atomic E-state index is -3.95. The molecule has 1 aliphatic rings. The number of aryl methyl sites for hydroxylation is 2. The lowest BCUT2D eigenvalue weighted by atomic mass is 10.1. The molecule has 9 nitrogen and oxygen atoms in total. The van der Waals surface area contributed by atoms with Crippen LogP contribution in [0.4, 0.5) is 11.4 Å². The number of benzene rings is 2. The van der Waals surface area contributed by atoms with Crippen LogP contribution in [-0.2, 0) is 14.8 Å². The number of rotatable bonds is 6. The molecule has 0 aromatic heterocycles. The minimum absolute atomic E-state index is 0.170. The Morgan fingerprint density at radius 1 is 1.17 bits per heavy atom. The number of morpholine rings is 1. The Morgan fingerprint density at radius 2 is 1.90 bits per heavy atom. The summed E-state index contributed by atoms with van der Waals surface area (Å²) in [5.74, 6) is 0. The third-order valence-electron chi connectivity index (χ3n) is 4.58. The van der Waals surface area contributed by atoms with Gasteiger partial charge in [-0.05, 0) is 31.0 Å². The molecule has 0 atom stereocenters. The predicted molar refractivity (Wildman–Crippen MR) is 110 cm³/mol. The molecule has 1 saturated heterocycles. The van der Waals surface area contributed by atoms with Gasteiger partial charge in [0, 0.05) is 25.2 Å². The van der Waals surface area contributed by atoms with E-state index in [-0.39, 0.29) is 42.6 Å². The highest BCUT2D eigenvalue weighted by Crippen LogP contribution is 2.29. The standard InChI is InChI=1S/C19H22N4O5S/c1-14-3-4-16(15(2)11-14)13-20-21-18-6-5-17(23(24)25)12-19(18)29(26,27)22-7-9-28-10-8-22/h3-6,11-13,21H,7-10H2,1-2H3/b20-13-. The number of ether oxygens (including phenoxy) is 1. The second-order valence-electron chi connectivity index (χ2n) is 6.68. The van der Waals surface area contributed by atoms with E-state index in [1.54, 1.807) is 6.21 Å². The number of nitro benzene ring substituents is 1. The largest absolute Gasteiger partial charge is 0.379 e. The molecule has 0 bridgehead atoms. The van der Waals surface area contributed by atoms with Crippen molar-refractivity contribution in [2.24, 2.45) is 5.10 Å². The van der Waals surface area contributed by atoms with Crippen molar-refractivity contribution in [1.29, 1.82) is 0 Å². The average Bonchev–Trinajstić information content (AvgIpc) is 2.70. The third kappa shape index (κ3) is 4.78. The normalized spacial score (nSPS) is 15.5. The van der Waals surface area contributed by atoms with Gasteiger partial charge in [-0.2, -0.15) is 9.41 Å². The van der Waals surface area contributed by atoms with Gasteiger partial charge in [0.25, 0.3) is 5.69 Å². The Labute approximate surface area is 169 Å². The van der Waals surface area contributed by atoms with Gasteiger partial charge in [-0.3, -0.25) is 15.5 Å². The molecular weight excluding hydrogens is 396 g/mol. The Kier molecular flexibility index (Phi) is 6.26. The zero-order valence-corrected chi connectivity index (χ0v) is 17.0. The summed E-state index contributed by atoms with van der Waals surface area (Å²) in [4.78, 5) is 10.3. The van der Waals surface area contributed by atoms with Crippen LogP contribution in [0.3, 0.4) is 0 Å². The van der Waals surface area contributed by atoms with Gasteiger partial charge in [0.2, 0.25) is 10.0 Å². The predicted octanol–water partition coefficient (Wildman–Crippen LogP) is 2.68. The molecule has 154 valence electrons. The second kappa shape index (κ2) is 8.68. The van der Waals surface area contributed by atoms with E-state index in [4.69, 9.17) is 4.74 Å². The Balaban J connectivity index is 1.93. The highest BCUT2D eigenvalue weighted by Gasteiger charge is 2.30. The summed E-state index contributed by atoms with van der Waals surface area (Å²) in [6.45, 7) is 4.89. The minimum Gasteiger partial charge on any atom is -0.379 e. The number of non-ortho nitro benzene ring substituents is 1. The Morgan fingerprint density at radius 3 is 2.55 bits per heavy atom. The number of nitrogens with zero attached hydrogens (tertiary/aromatic N) is 3. The van der Waals surface area contributed by atoms with Crippen LogP contribution in [0.2, 0.25) is 0 Å². The molecule has 29 heavy (non-hydrogen) atoms. The van der Waals surface area contributed by atoms with Crippen molar-refractivity contribution in [3.63, 3.8) is 0 Å². The molecule has 0 aliphatic carbocycles. The number of nitro groups is 1. The molecule has 1 N–H and O–H groups in total. The second-order valence-corrected chi connectivity index (χ2v) is 8.59. The average molecular weight is 418 g/mol. The van der Waals surface area contributed by atoms with Crippen molar-refractivity contribution in [2.45, 2.75) is 18.7 Å². The fraction of sp³-hybridized carbons (Fsp3) is 0.316. The van der Waals surface area contributed by atoms with Gasteiger partial charge in [-0.25, -0.2) is 8.42 Å². The first-order valence-corrected chi connectivity index (χ1v) is 10.5. The lowest BCUT2D eigenvalue weighted by molar-refractivity contribution is -0.385. The first-order valence-electron chi connectivity index (χ1n) is 9.02. The maximum absolute atomic E-state index is 13.1. The monoisotopic (exact) mass is 418 g/mol. The number of hydrogen-bond donors (Lipinski definition) is 1. The van der Waals surface area contributed by atoms with E-state index in [1.807, 2.05) is 32.0 Å². The van der Waals surface area contributed by atoms with Crippen molar-refractivity contribution in [3.8, 4) is 0 Å². The summed E-state index contributed by atoms with van der Waals surface area (Å²) in [5.41, 5.74) is 5.62. The zero-order valence-electron chi connectivity index (χ0n) is 16.2. The van der Waals surface area contributed by atoms with E-state index in [2.05, 4.69) is 10.5 Å². The van der Waals surface area contributed by atoms with E-state index in [9.17, 15) is 18.5 Å². The van der Waals surface area contributed by atoms with E-state index < -0.39 is 14.9 Å². The van der Waals surface area contributed by atoms with Crippen LogP contribution in [0.5, 0.6) is 0 Å². The number of sulfonamides is 1. The topological polar surface area (TPSA) is 114 Å². The van der Waals surface area contributed by atoms with E-state index in [0.29, 0.717) is 0 Å². The summed E-state index contributed by atoms with van der Waals surface area (Å²) in [6.07, 6.45) is 1.58. The van der Waals surface area contributed by atoms with Crippen molar-refractivity contribution < 1.29 is 18.1 Å². The number of nitrogens with one attached hydrogen (secondary N) is 1. The summed E-state index contributed by atoms with van der Waals surface area (Å²) in [5, 5.41) is 15.3. The lowest BCUT2D eigenvalue weighted by Gasteiger charge is -2.26. The molecule has 0 unspecified atom stereocenters. The van der Waals surface area contributed by atoms with Crippen LogP contribution < -0.4 is 5.43 Å². The molecule has 0 spiro atoms. The summed E-state index contributed by atoms with van der Waals surface area (Å²) in [7, 11) is -3.95. The van der Waals surface area contributed by atoms with Gasteiger partial charge < -0.3 is 4.74 Å². The Hall–Kier alpha value is -2.82. The van der Waals surface area contributed by atoms with E-state index in [1.165, 1.54) is 16.4 Å². The van der Waals surface area contributed by atoms with Gasteiger partial charge in [-0.1, -0.05) is 23.8 Å². The molecular formula is C19H22N4O5S. The molecule has 2 aromatic rings. The highest BCUT2D eigenvalue weighted by atomic mass is 32.2. The maximum atomic E-state index is 13.1. The van der Waals surface area contributed by atoms with Crippen LogP contribution in [-0.4, -0.2) is 50.2 Å². The van der Waals surface area contributed by atoms with Crippen molar-refractivity contribution >= 4 is 27.6 Å². The molecule has 10 heteroatoms. The SMILES string of the molecule is Cc1ccc(/C=N\Nc2ccc([N+](=O)[O-])cc2S(=O)(=O)N2CCOCC2)c(C)c1. The number of anilines is 1. The first kappa shape index (κ1) is 20.9. The third-order valence-corrected chi connectivity index (χ3v) is 6.52. The molecule has 1 heterocycles. The summed E-state index contributed by atoms with van der Waals surface area (Å²) >= 11 is 0. The first-order chi connectivity index (χ1) is 13.8. The van der Waals surface area contributed by atoms with Crippen molar-refractivity contribution in [2.75, 3.05) is 31.7 Å². The quantitative estimate of drug-likeness (QED) is 0.438.